The van der Waals surface area contributed by atoms with Gasteiger partial charge in [0.1, 0.15) is 0 Å². The monoisotopic (exact) mass is 255 g/mol. The van der Waals surface area contributed by atoms with E-state index in [1.54, 1.807) is 0 Å². The van der Waals surface area contributed by atoms with Crippen LogP contribution in [0.15, 0.2) is 36.4 Å². The number of imide groups is 1. The fraction of sp³-hybridized carbons (Fsp3) is 0.375. The van der Waals surface area contributed by atoms with Crippen molar-refractivity contribution in [2.45, 2.75) is 20.3 Å². The molecule has 0 N–H and O–H groups in total. The van der Waals surface area contributed by atoms with Crippen LogP contribution in [0.3, 0.4) is 0 Å². The van der Waals surface area contributed by atoms with Crippen LogP contribution < -0.4 is 4.90 Å². The lowest BCUT2D eigenvalue weighted by atomic mass is 9.78. The molecule has 1 aromatic carbocycles. The molecule has 19 heavy (non-hydrogen) atoms. The van der Waals surface area contributed by atoms with Crippen LogP contribution in [0, 0.1) is 24.7 Å². The highest BCUT2D eigenvalue weighted by Gasteiger charge is 2.50. The molecule has 1 aromatic rings. The first-order chi connectivity index (χ1) is 9.09. The quantitative estimate of drug-likeness (QED) is 0.571. The molecular weight excluding hydrogens is 238 g/mol. The Bertz CT molecular complexity index is 576. The Morgan fingerprint density at radius 3 is 2.68 bits per heavy atom. The molecule has 98 valence electrons. The van der Waals surface area contributed by atoms with E-state index in [1.165, 1.54) is 4.90 Å². The predicted octanol–water partition coefficient (Wildman–Crippen LogP) is 2.70. The molecule has 3 rings (SSSR count). The zero-order chi connectivity index (χ0) is 13.6. The van der Waals surface area contributed by atoms with E-state index in [4.69, 9.17) is 0 Å². The van der Waals surface area contributed by atoms with Gasteiger partial charge >= 0.3 is 0 Å². The molecule has 3 atom stereocenters. The van der Waals surface area contributed by atoms with Crippen LogP contribution in [0.2, 0.25) is 0 Å². The number of carbonyl (C=O) groups is 2. The van der Waals surface area contributed by atoms with E-state index < -0.39 is 0 Å². The van der Waals surface area contributed by atoms with Gasteiger partial charge in [0.05, 0.1) is 17.5 Å². The van der Waals surface area contributed by atoms with Gasteiger partial charge in [-0.3, -0.25) is 14.5 Å². The van der Waals surface area contributed by atoms with Gasteiger partial charge in [-0.2, -0.15) is 0 Å². The average Bonchev–Trinajstić information content (AvgIpc) is 2.63. The molecule has 0 radical (unpaired) electrons. The maximum absolute atomic E-state index is 12.5. The molecule has 0 saturated carbocycles. The van der Waals surface area contributed by atoms with Crippen molar-refractivity contribution in [1.29, 1.82) is 0 Å². The summed E-state index contributed by atoms with van der Waals surface area (Å²) in [6.45, 7) is 3.98. The first-order valence-electron chi connectivity index (χ1n) is 6.70. The van der Waals surface area contributed by atoms with Gasteiger partial charge in [-0.15, -0.1) is 0 Å². The van der Waals surface area contributed by atoms with E-state index in [2.05, 4.69) is 0 Å². The van der Waals surface area contributed by atoms with Gasteiger partial charge in [0.15, 0.2) is 0 Å². The van der Waals surface area contributed by atoms with Crippen molar-refractivity contribution in [1.82, 2.24) is 0 Å². The smallest absolute Gasteiger partial charge is 0.238 e. The van der Waals surface area contributed by atoms with Gasteiger partial charge in [-0.1, -0.05) is 31.2 Å². The van der Waals surface area contributed by atoms with Gasteiger partial charge in [0, 0.05) is 0 Å². The van der Waals surface area contributed by atoms with Crippen molar-refractivity contribution in [2.75, 3.05) is 4.90 Å². The number of rotatable bonds is 1. The normalized spacial score (nSPS) is 29.8. The molecule has 0 unspecified atom stereocenters. The Kier molecular flexibility index (Phi) is 2.77. The SMILES string of the molecule is Cc1cccc(N2C(=O)[C@H]3[C@H](C)C=CC[C@@H]3C2=O)c1. The van der Waals surface area contributed by atoms with Gasteiger partial charge in [0.25, 0.3) is 0 Å². The summed E-state index contributed by atoms with van der Waals surface area (Å²) in [7, 11) is 0. The van der Waals surface area contributed by atoms with Crippen molar-refractivity contribution >= 4 is 17.5 Å². The van der Waals surface area contributed by atoms with E-state index in [0.717, 1.165) is 5.56 Å². The molecule has 0 spiro atoms. The van der Waals surface area contributed by atoms with Crippen LogP contribution in [0.25, 0.3) is 0 Å². The molecule has 1 heterocycles. The van der Waals surface area contributed by atoms with Crippen molar-refractivity contribution in [3.8, 4) is 0 Å². The second-order valence-electron chi connectivity index (χ2n) is 5.51. The summed E-state index contributed by atoms with van der Waals surface area (Å²) in [6.07, 6.45) is 4.75. The highest BCUT2D eigenvalue weighted by molar-refractivity contribution is 6.22. The highest BCUT2D eigenvalue weighted by atomic mass is 16.2. The molecule has 2 amide bonds. The van der Waals surface area contributed by atoms with Crippen molar-refractivity contribution in [3.05, 3.63) is 42.0 Å². The third kappa shape index (κ3) is 1.81. The number of hydrogen-bond donors (Lipinski definition) is 0. The third-order valence-electron chi connectivity index (χ3n) is 4.13. The Balaban J connectivity index is 2.01. The molecule has 1 saturated heterocycles. The van der Waals surface area contributed by atoms with Crippen LogP contribution in [0.1, 0.15) is 18.9 Å². The molecule has 2 aliphatic rings. The highest BCUT2D eigenvalue weighted by Crippen LogP contribution is 2.40. The van der Waals surface area contributed by atoms with E-state index in [9.17, 15) is 9.59 Å². The van der Waals surface area contributed by atoms with E-state index in [-0.39, 0.29) is 29.6 Å². The molecule has 1 aliphatic heterocycles. The van der Waals surface area contributed by atoms with Crippen LogP contribution in [0.5, 0.6) is 0 Å². The molecule has 3 nitrogen and oxygen atoms in total. The predicted molar refractivity (Wildman–Crippen MR) is 73.6 cm³/mol. The molecule has 3 heteroatoms. The fourth-order valence-corrected chi connectivity index (χ4v) is 3.17. The van der Waals surface area contributed by atoms with Crippen LogP contribution in [0.4, 0.5) is 5.69 Å². The number of hydrogen-bond acceptors (Lipinski definition) is 2. The average molecular weight is 255 g/mol. The lowest BCUT2D eigenvalue weighted by Crippen LogP contribution is -2.31. The lowest BCUT2D eigenvalue weighted by molar-refractivity contribution is -0.122. The lowest BCUT2D eigenvalue weighted by Gasteiger charge is -2.22. The van der Waals surface area contributed by atoms with Crippen molar-refractivity contribution in [2.24, 2.45) is 17.8 Å². The van der Waals surface area contributed by atoms with Crippen LogP contribution in [-0.2, 0) is 9.59 Å². The molecule has 1 fully saturated rings. The largest absolute Gasteiger partial charge is 0.274 e. The Labute approximate surface area is 112 Å². The second kappa shape index (κ2) is 4.34. The number of fused-ring (bicyclic) bond motifs is 1. The summed E-state index contributed by atoms with van der Waals surface area (Å²) in [4.78, 5) is 26.4. The minimum absolute atomic E-state index is 0.0440. The first-order valence-corrected chi connectivity index (χ1v) is 6.70. The Hall–Kier alpha value is -1.90. The van der Waals surface area contributed by atoms with Gasteiger partial charge in [-0.05, 0) is 37.0 Å². The number of aryl methyl sites for hydroxylation is 1. The second-order valence-corrected chi connectivity index (χ2v) is 5.51. The summed E-state index contributed by atoms with van der Waals surface area (Å²) >= 11 is 0. The zero-order valence-electron chi connectivity index (χ0n) is 11.2. The Morgan fingerprint density at radius 2 is 2.00 bits per heavy atom. The topological polar surface area (TPSA) is 37.4 Å². The van der Waals surface area contributed by atoms with Crippen molar-refractivity contribution in [3.63, 3.8) is 0 Å². The van der Waals surface area contributed by atoms with E-state index in [1.807, 2.05) is 50.3 Å². The summed E-state index contributed by atoms with van der Waals surface area (Å²) in [5.41, 5.74) is 1.76. The Morgan fingerprint density at radius 1 is 1.21 bits per heavy atom. The standard InChI is InChI=1S/C16H17NO2/c1-10-5-3-7-12(9-10)17-15(18)13-8-4-6-11(2)14(13)16(17)19/h3-7,9,11,13-14H,8H2,1-2H3/t11-,13+,14+/m1/s1. The van der Waals surface area contributed by atoms with Crippen molar-refractivity contribution < 1.29 is 9.59 Å². The first kappa shape index (κ1) is 12.2. The maximum atomic E-state index is 12.5. The number of anilines is 1. The summed E-state index contributed by atoms with van der Waals surface area (Å²) in [5, 5.41) is 0. The maximum Gasteiger partial charge on any atom is 0.238 e. The van der Waals surface area contributed by atoms with E-state index >= 15 is 0 Å². The van der Waals surface area contributed by atoms with E-state index in [0.29, 0.717) is 12.1 Å². The number of amides is 2. The molecule has 1 aliphatic carbocycles. The van der Waals surface area contributed by atoms with Crippen LogP contribution in [-0.4, -0.2) is 11.8 Å². The van der Waals surface area contributed by atoms with Gasteiger partial charge in [0.2, 0.25) is 11.8 Å². The zero-order valence-corrected chi connectivity index (χ0v) is 11.2. The third-order valence-corrected chi connectivity index (χ3v) is 4.13. The number of allylic oxidation sites excluding steroid dienone is 2. The van der Waals surface area contributed by atoms with Crippen LogP contribution >= 0.6 is 0 Å². The van der Waals surface area contributed by atoms with Gasteiger partial charge < -0.3 is 0 Å². The number of nitrogens with zero attached hydrogens (tertiary/aromatic N) is 1. The fourth-order valence-electron chi connectivity index (χ4n) is 3.17. The molecule has 0 bridgehead atoms. The summed E-state index contributed by atoms with van der Waals surface area (Å²) in [6, 6.07) is 7.57. The van der Waals surface area contributed by atoms with Gasteiger partial charge in [-0.25, -0.2) is 0 Å². The molecule has 0 aromatic heterocycles. The minimum atomic E-state index is -0.182. The minimum Gasteiger partial charge on any atom is -0.274 e. The number of carbonyl (C=O) groups excluding carboxylic acids is 2. The number of benzene rings is 1. The summed E-state index contributed by atoms with van der Waals surface area (Å²) in [5.74, 6) is -0.301. The molecular formula is C16H17NO2. The summed E-state index contributed by atoms with van der Waals surface area (Å²) < 4.78 is 0.